The average Bonchev–Trinajstić information content (AvgIpc) is 2.29. The summed E-state index contributed by atoms with van der Waals surface area (Å²) in [6.07, 6.45) is 0. The molecule has 4 heteroatoms. The minimum atomic E-state index is -0.431. The molecule has 1 aromatic carbocycles. The zero-order valence-corrected chi connectivity index (χ0v) is 9.33. The van der Waals surface area contributed by atoms with E-state index in [2.05, 4.69) is 4.98 Å². The predicted octanol–water partition coefficient (Wildman–Crippen LogP) is 3.55. The molecule has 0 unspecified atom stereocenters. The van der Waals surface area contributed by atoms with Crippen LogP contribution in [0.15, 0.2) is 36.4 Å². The maximum Gasteiger partial charge on any atom is 0.174 e. The molecule has 2 nitrogen and oxygen atoms in total. The van der Waals surface area contributed by atoms with Gasteiger partial charge in [-0.25, -0.2) is 9.37 Å². The zero-order valence-electron chi connectivity index (χ0n) is 8.58. The number of hydrogen-bond acceptors (Lipinski definition) is 2. The molecule has 0 N–H and O–H groups in total. The number of benzene rings is 1. The zero-order chi connectivity index (χ0) is 11.5. The standard InChI is InChI=1S/C12H9ClFNO/c1-16-10-6-2-4-8(12(10)14)9-5-3-7-11(13)15-9/h2-7H,1H3. The fourth-order valence-corrected chi connectivity index (χ4v) is 1.59. The third kappa shape index (κ3) is 1.99. The van der Waals surface area contributed by atoms with Crippen molar-refractivity contribution in [3.63, 3.8) is 0 Å². The van der Waals surface area contributed by atoms with Crippen LogP contribution in [0.4, 0.5) is 4.39 Å². The number of halogens is 2. The Morgan fingerprint density at radius 2 is 1.94 bits per heavy atom. The van der Waals surface area contributed by atoms with E-state index in [1.807, 2.05) is 0 Å². The number of pyridine rings is 1. The number of hydrogen-bond donors (Lipinski definition) is 0. The van der Waals surface area contributed by atoms with Gasteiger partial charge in [0.1, 0.15) is 5.15 Å². The van der Waals surface area contributed by atoms with Gasteiger partial charge in [-0.1, -0.05) is 23.7 Å². The third-order valence-electron chi connectivity index (χ3n) is 2.17. The molecule has 16 heavy (non-hydrogen) atoms. The summed E-state index contributed by atoms with van der Waals surface area (Å²) in [4.78, 5) is 4.05. The van der Waals surface area contributed by atoms with Crippen molar-refractivity contribution in [2.45, 2.75) is 0 Å². The maximum absolute atomic E-state index is 13.9. The van der Waals surface area contributed by atoms with E-state index >= 15 is 0 Å². The Morgan fingerprint density at radius 3 is 2.62 bits per heavy atom. The highest BCUT2D eigenvalue weighted by atomic mass is 35.5. The van der Waals surface area contributed by atoms with Crippen molar-refractivity contribution >= 4 is 11.6 Å². The molecule has 0 saturated carbocycles. The molecule has 0 aliphatic heterocycles. The first-order valence-corrected chi connectivity index (χ1v) is 5.05. The van der Waals surface area contributed by atoms with Crippen molar-refractivity contribution in [3.8, 4) is 17.0 Å². The van der Waals surface area contributed by atoms with Gasteiger partial charge in [0.05, 0.1) is 12.8 Å². The highest BCUT2D eigenvalue weighted by Crippen LogP contribution is 2.28. The Kier molecular flexibility index (Phi) is 3.06. The van der Waals surface area contributed by atoms with Crippen molar-refractivity contribution in [2.75, 3.05) is 7.11 Å². The normalized spacial score (nSPS) is 10.2. The lowest BCUT2D eigenvalue weighted by Gasteiger charge is -2.06. The van der Waals surface area contributed by atoms with Gasteiger partial charge >= 0.3 is 0 Å². The molecule has 82 valence electrons. The van der Waals surface area contributed by atoms with Gasteiger partial charge in [-0.05, 0) is 24.3 Å². The fourth-order valence-electron chi connectivity index (χ4n) is 1.42. The summed E-state index contributed by atoms with van der Waals surface area (Å²) in [5, 5.41) is 0.333. The summed E-state index contributed by atoms with van der Waals surface area (Å²) in [5.41, 5.74) is 0.866. The van der Waals surface area contributed by atoms with Gasteiger partial charge in [0, 0.05) is 5.56 Å². The Bertz CT molecular complexity index is 516. The van der Waals surface area contributed by atoms with E-state index in [9.17, 15) is 4.39 Å². The highest BCUT2D eigenvalue weighted by Gasteiger charge is 2.11. The van der Waals surface area contributed by atoms with Crippen molar-refractivity contribution in [2.24, 2.45) is 0 Å². The lowest BCUT2D eigenvalue weighted by molar-refractivity contribution is 0.387. The molecule has 0 amide bonds. The second kappa shape index (κ2) is 4.49. The summed E-state index contributed by atoms with van der Waals surface area (Å²) in [6.45, 7) is 0. The molecule has 1 heterocycles. The number of nitrogens with zero attached hydrogens (tertiary/aromatic N) is 1. The van der Waals surface area contributed by atoms with Gasteiger partial charge < -0.3 is 4.74 Å². The van der Waals surface area contributed by atoms with E-state index in [0.717, 1.165) is 0 Å². The van der Waals surface area contributed by atoms with Crippen molar-refractivity contribution in [1.82, 2.24) is 4.98 Å². The summed E-state index contributed by atoms with van der Waals surface area (Å²) in [7, 11) is 1.42. The van der Waals surface area contributed by atoms with Crippen LogP contribution >= 0.6 is 11.6 Å². The van der Waals surface area contributed by atoms with Gasteiger partial charge in [0.2, 0.25) is 0 Å². The quantitative estimate of drug-likeness (QED) is 0.746. The molecule has 1 aromatic heterocycles. The first-order chi connectivity index (χ1) is 7.72. The summed E-state index contributed by atoms with van der Waals surface area (Å²) in [6, 6.07) is 9.97. The highest BCUT2D eigenvalue weighted by molar-refractivity contribution is 6.29. The average molecular weight is 238 g/mol. The van der Waals surface area contributed by atoms with Gasteiger partial charge in [-0.15, -0.1) is 0 Å². The third-order valence-corrected chi connectivity index (χ3v) is 2.38. The minimum Gasteiger partial charge on any atom is -0.494 e. The first-order valence-electron chi connectivity index (χ1n) is 4.68. The summed E-state index contributed by atoms with van der Waals surface area (Å²) < 4.78 is 18.8. The molecule has 0 bridgehead atoms. The lowest BCUT2D eigenvalue weighted by atomic mass is 10.1. The molecule has 0 fully saturated rings. The lowest BCUT2D eigenvalue weighted by Crippen LogP contribution is -1.92. The van der Waals surface area contributed by atoms with Crippen LogP contribution in [0.2, 0.25) is 5.15 Å². The van der Waals surface area contributed by atoms with Crippen LogP contribution in [-0.2, 0) is 0 Å². The van der Waals surface area contributed by atoms with Crippen molar-refractivity contribution in [3.05, 3.63) is 47.4 Å². The van der Waals surface area contributed by atoms with Crippen LogP contribution in [0.3, 0.4) is 0 Å². The van der Waals surface area contributed by atoms with Crippen molar-refractivity contribution < 1.29 is 9.13 Å². The smallest absolute Gasteiger partial charge is 0.174 e. The molecule has 0 aliphatic rings. The maximum atomic E-state index is 13.9. The Labute approximate surface area is 97.7 Å². The first kappa shape index (κ1) is 10.9. The molecule has 0 radical (unpaired) electrons. The molecule has 0 spiro atoms. The van der Waals surface area contributed by atoms with Crippen LogP contribution in [0, 0.1) is 5.82 Å². The molecule has 0 atom stereocenters. The SMILES string of the molecule is COc1cccc(-c2cccc(Cl)n2)c1F. The second-order valence-corrected chi connectivity index (χ2v) is 3.55. The van der Waals surface area contributed by atoms with Crippen LogP contribution in [0.25, 0.3) is 11.3 Å². The number of methoxy groups -OCH3 is 1. The molecule has 2 aromatic rings. The van der Waals surface area contributed by atoms with Gasteiger partial charge in [-0.3, -0.25) is 0 Å². The van der Waals surface area contributed by atoms with E-state index in [-0.39, 0.29) is 5.75 Å². The van der Waals surface area contributed by atoms with E-state index in [4.69, 9.17) is 16.3 Å². The van der Waals surface area contributed by atoms with Gasteiger partial charge in [-0.2, -0.15) is 0 Å². The monoisotopic (exact) mass is 237 g/mol. The predicted molar refractivity (Wildman–Crippen MR) is 61.2 cm³/mol. The largest absolute Gasteiger partial charge is 0.494 e. The Balaban J connectivity index is 2.56. The van der Waals surface area contributed by atoms with Crippen molar-refractivity contribution in [1.29, 1.82) is 0 Å². The summed E-state index contributed by atoms with van der Waals surface area (Å²) in [5.74, 6) is -0.237. The number of ether oxygens (including phenoxy) is 1. The molecular formula is C12H9ClFNO. The minimum absolute atomic E-state index is 0.194. The van der Waals surface area contributed by atoms with Gasteiger partial charge in [0.15, 0.2) is 11.6 Å². The molecule has 2 rings (SSSR count). The second-order valence-electron chi connectivity index (χ2n) is 3.17. The van der Waals surface area contributed by atoms with E-state index < -0.39 is 5.82 Å². The molecule has 0 aliphatic carbocycles. The Morgan fingerprint density at radius 1 is 1.19 bits per heavy atom. The van der Waals surface area contributed by atoms with E-state index in [0.29, 0.717) is 16.4 Å². The fraction of sp³-hybridized carbons (Fsp3) is 0.0833. The van der Waals surface area contributed by atoms with Gasteiger partial charge in [0.25, 0.3) is 0 Å². The topological polar surface area (TPSA) is 22.1 Å². The van der Waals surface area contributed by atoms with Crippen LogP contribution < -0.4 is 4.74 Å². The molecule has 0 saturated heterocycles. The van der Waals surface area contributed by atoms with E-state index in [1.165, 1.54) is 7.11 Å². The molecular weight excluding hydrogens is 229 g/mol. The number of rotatable bonds is 2. The summed E-state index contributed by atoms with van der Waals surface area (Å²) >= 11 is 5.76. The van der Waals surface area contributed by atoms with Crippen LogP contribution in [0.1, 0.15) is 0 Å². The van der Waals surface area contributed by atoms with Crippen LogP contribution in [0.5, 0.6) is 5.75 Å². The Hall–Kier alpha value is -1.61. The van der Waals surface area contributed by atoms with Crippen LogP contribution in [-0.4, -0.2) is 12.1 Å². The number of aromatic nitrogens is 1. The van der Waals surface area contributed by atoms with E-state index in [1.54, 1.807) is 36.4 Å².